The fourth-order valence-corrected chi connectivity index (χ4v) is 2.22. The molecule has 3 N–H and O–H groups in total. The Bertz CT molecular complexity index is 535. The minimum absolute atomic E-state index is 0.112. The summed E-state index contributed by atoms with van der Waals surface area (Å²) >= 11 is 0. The van der Waals surface area contributed by atoms with Crippen LogP contribution < -0.4 is 5.73 Å². The number of aliphatic hydroxyl groups is 1. The van der Waals surface area contributed by atoms with Crippen LogP contribution in [0.5, 0.6) is 0 Å². The van der Waals surface area contributed by atoms with Crippen LogP contribution in [0, 0.1) is 12.8 Å². The summed E-state index contributed by atoms with van der Waals surface area (Å²) in [6.07, 6.45) is 0.382. The molecule has 0 spiro atoms. The van der Waals surface area contributed by atoms with Crippen LogP contribution in [-0.2, 0) is 0 Å². The third-order valence-electron chi connectivity index (χ3n) is 3.47. The molecule has 0 bridgehead atoms. The Balaban J connectivity index is 2.37. The third kappa shape index (κ3) is 2.52. The van der Waals surface area contributed by atoms with Gasteiger partial charge in [0.05, 0.1) is 11.6 Å². The number of pyridine rings is 1. The topological polar surface area (TPSA) is 59.1 Å². The fraction of sp³-hybridized carbons (Fsp3) is 0.400. The SMILES string of the molecule is CCC(CN)C(O)c1ccc2nc(C)ccc2c1. The predicted molar refractivity (Wildman–Crippen MR) is 74.3 cm³/mol. The molecule has 1 heterocycles. The molecule has 1 aromatic heterocycles. The minimum Gasteiger partial charge on any atom is -0.388 e. The largest absolute Gasteiger partial charge is 0.388 e. The van der Waals surface area contributed by atoms with Crippen LogP contribution in [0.4, 0.5) is 0 Å². The van der Waals surface area contributed by atoms with Gasteiger partial charge in [0.1, 0.15) is 0 Å². The Morgan fingerprint density at radius 1 is 1.28 bits per heavy atom. The molecule has 0 aliphatic heterocycles. The molecule has 2 unspecified atom stereocenters. The zero-order valence-corrected chi connectivity index (χ0v) is 10.9. The first kappa shape index (κ1) is 13.0. The van der Waals surface area contributed by atoms with Gasteiger partial charge in [-0.05, 0) is 43.7 Å². The quantitative estimate of drug-likeness (QED) is 0.869. The summed E-state index contributed by atoms with van der Waals surface area (Å²) in [7, 11) is 0. The molecule has 0 aliphatic carbocycles. The molecule has 18 heavy (non-hydrogen) atoms. The summed E-state index contributed by atoms with van der Waals surface area (Å²) in [6.45, 7) is 4.53. The molecule has 0 saturated heterocycles. The lowest BCUT2D eigenvalue weighted by Crippen LogP contribution is -2.21. The van der Waals surface area contributed by atoms with Crippen LogP contribution >= 0.6 is 0 Å². The summed E-state index contributed by atoms with van der Waals surface area (Å²) in [5.74, 6) is 0.112. The summed E-state index contributed by atoms with van der Waals surface area (Å²) < 4.78 is 0. The number of nitrogens with two attached hydrogens (primary N) is 1. The standard InChI is InChI=1S/C15H20N2O/c1-3-11(9-16)15(18)13-6-7-14-12(8-13)5-4-10(2)17-14/h4-8,11,15,18H,3,9,16H2,1-2H3. The van der Waals surface area contributed by atoms with E-state index in [4.69, 9.17) is 5.73 Å². The smallest absolute Gasteiger partial charge is 0.0830 e. The first-order valence-electron chi connectivity index (χ1n) is 6.41. The van der Waals surface area contributed by atoms with Gasteiger partial charge in [0.25, 0.3) is 0 Å². The average molecular weight is 244 g/mol. The van der Waals surface area contributed by atoms with Crippen molar-refractivity contribution in [1.82, 2.24) is 4.98 Å². The van der Waals surface area contributed by atoms with E-state index >= 15 is 0 Å². The van der Waals surface area contributed by atoms with Crippen LogP contribution in [0.25, 0.3) is 10.9 Å². The molecule has 2 atom stereocenters. The van der Waals surface area contributed by atoms with Crippen LogP contribution in [0.2, 0.25) is 0 Å². The van der Waals surface area contributed by atoms with E-state index in [2.05, 4.69) is 4.98 Å². The maximum absolute atomic E-state index is 10.3. The van der Waals surface area contributed by atoms with Crippen molar-refractivity contribution in [3.8, 4) is 0 Å². The molecule has 0 aliphatic rings. The molecule has 2 rings (SSSR count). The maximum atomic E-state index is 10.3. The highest BCUT2D eigenvalue weighted by Crippen LogP contribution is 2.26. The number of nitrogens with zero attached hydrogens (tertiary/aromatic N) is 1. The van der Waals surface area contributed by atoms with Crippen molar-refractivity contribution in [2.75, 3.05) is 6.54 Å². The van der Waals surface area contributed by atoms with Gasteiger partial charge in [-0.3, -0.25) is 4.98 Å². The molecule has 96 valence electrons. The van der Waals surface area contributed by atoms with Crippen molar-refractivity contribution in [1.29, 1.82) is 0 Å². The van der Waals surface area contributed by atoms with E-state index in [1.54, 1.807) is 0 Å². The van der Waals surface area contributed by atoms with Crippen molar-refractivity contribution in [2.24, 2.45) is 11.7 Å². The predicted octanol–water partition coefficient (Wildman–Crippen LogP) is 2.56. The zero-order valence-electron chi connectivity index (χ0n) is 10.9. The van der Waals surface area contributed by atoms with Gasteiger partial charge >= 0.3 is 0 Å². The second-order valence-corrected chi connectivity index (χ2v) is 4.75. The van der Waals surface area contributed by atoms with Crippen molar-refractivity contribution < 1.29 is 5.11 Å². The Kier molecular flexibility index (Phi) is 3.94. The van der Waals surface area contributed by atoms with E-state index in [-0.39, 0.29) is 5.92 Å². The molecule has 3 nitrogen and oxygen atoms in total. The summed E-state index contributed by atoms with van der Waals surface area (Å²) in [5.41, 5.74) is 8.57. The molecule has 0 saturated carbocycles. The lowest BCUT2D eigenvalue weighted by molar-refractivity contribution is 0.110. The van der Waals surface area contributed by atoms with E-state index < -0.39 is 6.10 Å². The average Bonchev–Trinajstić information content (AvgIpc) is 2.39. The van der Waals surface area contributed by atoms with E-state index in [1.165, 1.54) is 0 Å². The van der Waals surface area contributed by atoms with Gasteiger partial charge in [-0.25, -0.2) is 0 Å². The Morgan fingerprint density at radius 2 is 2.06 bits per heavy atom. The van der Waals surface area contributed by atoms with Crippen LogP contribution in [0.15, 0.2) is 30.3 Å². The van der Waals surface area contributed by atoms with Gasteiger partial charge < -0.3 is 10.8 Å². The second-order valence-electron chi connectivity index (χ2n) is 4.75. The summed E-state index contributed by atoms with van der Waals surface area (Å²) in [5, 5.41) is 11.4. The van der Waals surface area contributed by atoms with Gasteiger partial charge in [-0.15, -0.1) is 0 Å². The van der Waals surface area contributed by atoms with E-state index in [0.717, 1.165) is 28.6 Å². The van der Waals surface area contributed by atoms with Gasteiger partial charge in [-0.1, -0.05) is 19.1 Å². The van der Waals surface area contributed by atoms with E-state index in [9.17, 15) is 5.11 Å². The van der Waals surface area contributed by atoms with Crippen molar-refractivity contribution >= 4 is 10.9 Å². The number of rotatable bonds is 4. The highest BCUT2D eigenvalue weighted by Gasteiger charge is 2.17. The van der Waals surface area contributed by atoms with E-state index in [0.29, 0.717) is 6.54 Å². The number of aromatic nitrogens is 1. The van der Waals surface area contributed by atoms with Crippen molar-refractivity contribution in [2.45, 2.75) is 26.4 Å². The molecule has 2 aromatic rings. The third-order valence-corrected chi connectivity index (χ3v) is 3.47. The summed E-state index contributed by atoms with van der Waals surface area (Å²) in [6, 6.07) is 9.93. The minimum atomic E-state index is -0.495. The van der Waals surface area contributed by atoms with Gasteiger partial charge in [0, 0.05) is 17.0 Å². The number of benzene rings is 1. The first-order chi connectivity index (χ1) is 8.65. The van der Waals surface area contributed by atoms with Crippen LogP contribution in [0.1, 0.15) is 30.7 Å². The molecular weight excluding hydrogens is 224 g/mol. The molecule has 0 amide bonds. The van der Waals surface area contributed by atoms with Gasteiger partial charge in [0.2, 0.25) is 0 Å². The first-order valence-corrected chi connectivity index (χ1v) is 6.41. The Labute approximate surface area is 108 Å². The Morgan fingerprint density at radius 3 is 2.72 bits per heavy atom. The number of hydrogen-bond donors (Lipinski definition) is 2. The van der Waals surface area contributed by atoms with Crippen LogP contribution in [-0.4, -0.2) is 16.6 Å². The number of fused-ring (bicyclic) bond motifs is 1. The maximum Gasteiger partial charge on any atom is 0.0830 e. The lowest BCUT2D eigenvalue weighted by atomic mass is 9.93. The molecule has 1 aromatic carbocycles. The van der Waals surface area contributed by atoms with Gasteiger partial charge in [0.15, 0.2) is 0 Å². The molecule has 0 fully saturated rings. The Hall–Kier alpha value is -1.45. The molecule has 0 radical (unpaired) electrons. The van der Waals surface area contributed by atoms with E-state index in [1.807, 2.05) is 44.2 Å². The normalized spacial score (nSPS) is 14.7. The summed E-state index contributed by atoms with van der Waals surface area (Å²) in [4.78, 5) is 4.45. The molecule has 3 heteroatoms. The molecular formula is C15H20N2O. The number of aliphatic hydroxyl groups excluding tert-OH is 1. The fourth-order valence-electron chi connectivity index (χ4n) is 2.22. The van der Waals surface area contributed by atoms with Crippen molar-refractivity contribution in [3.63, 3.8) is 0 Å². The second kappa shape index (κ2) is 5.46. The highest BCUT2D eigenvalue weighted by molar-refractivity contribution is 5.79. The number of aryl methyl sites for hydroxylation is 1. The zero-order chi connectivity index (χ0) is 13.1. The lowest BCUT2D eigenvalue weighted by Gasteiger charge is -2.20. The monoisotopic (exact) mass is 244 g/mol. The van der Waals surface area contributed by atoms with Gasteiger partial charge in [-0.2, -0.15) is 0 Å². The highest BCUT2D eigenvalue weighted by atomic mass is 16.3. The number of hydrogen-bond acceptors (Lipinski definition) is 3. The van der Waals surface area contributed by atoms with Crippen molar-refractivity contribution in [3.05, 3.63) is 41.6 Å². The van der Waals surface area contributed by atoms with Crippen LogP contribution in [0.3, 0.4) is 0 Å².